The van der Waals surface area contributed by atoms with Gasteiger partial charge < -0.3 is 52.1 Å². The van der Waals surface area contributed by atoms with Crippen LogP contribution in [-0.2, 0) is 49.4 Å². The largest absolute Gasteiger partial charge is 0.514 e. The summed E-state index contributed by atoms with van der Waals surface area (Å²) in [6, 6.07) is 14.8. The van der Waals surface area contributed by atoms with Crippen molar-refractivity contribution in [1.29, 1.82) is 0 Å². The first kappa shape index (κ1) is 41.5. The number of esters is 3. The van der Waals surface area contributed by atoms with Crippen LogP contribution in [0.4, 0.5) is 4.79 Å². The van der Waals surface area contributed by atoms with Crippen molar-refractivity contribution >= 4 is 47.3 Å². The summed E-state index contributed by atoms with van der Waals surface area (Å²) in [6.07, 6.45) is -5.55. The lowest BCUT2D eigenvalue weighted by Crippen LogP contribution is -2.53. The third kappa shape index (κ3) is 8.87. The van der Waals surface area contributed by atoms with E-state index >= 15 is 0 Å². The first-order valence-corrected chi connectivity index (χ1v) is 19.3. The molecule has 59 heavy (non-hydrogen) atoms. The minimum Gasteiger partial charge on any atom is -0.493 e. The van der Waals surface area contributed by atoms with E-state index in [0.717, 1.165) is 5.56 Å². The van der Waals surface area contributed by atoms with Crippen molar-refractivity contribution in [3.05, 3.63) is 87.3 Å². The van der Waals surface area contributed by atoms with Gasteiger partial charge in [-0.05, 0) is 52.1 Å². The second-order valence-electron chi connectivity index (χ2n) is 13.6. The number of cyclic esters (lactones) is 1. The number of hydrogen-bond donors (Lipinski definition) is 0. The van der Waals surface area contributed by atoms with Crippen molar-refractivity contribution in [2.24, 2.45) is 17.0 Å². The van der Waals surface area contributed by atoms with Crippen LogP contribution in [0, 0.1) is 11.8 Å². The number of halogens is 2. The molecule has 2 saturated heterocycles. The number of carbonyl (C=O) groups is 4. The molecule has 3 aliphatic heterocycles. The van der Waals surface area contributed by atoms with Crippen LogP contribution in [0.1, 0.15) is 40.7 Å². The minimum atomic E-state index is -1.20. The second-order valence-corrected chi connectivity index (χ2v) is 14.1. The smallest absolute Gasteiger partial charge is 0.493 e. The second kappa shape index (κ2) is 18.5. The van der Waals surface area contributed by atoms with Gasteiger partial charge >= 0.3 is 24.1 Å². The Hall–Kier alpha value is -5.65. The Labute approximate surface area is 346 Å². The molecule has 18 nitrogen and oxygen atoms in total. The molecule has 3 aromatic carbocycles. The highest BCUT2D eigenvalue weighted by atomic mass is 35.5. The zero-order valence-corrected chi connectivity index (χ0v) is 33.0. The lowest BCUT2D eigenvalue weighted by atomic mass is 9.66. The van der Waals surface area contributed by atoms with Crippen molar-refractivity contribution in [2.75, 3.05) is 46.0 Å². The highest BCUT2D eigenvalue weighted by Gasteiger charge is 2.55. The van der Waals surface area contributed by atoms with Crippen molar-refractivity contribution in [2.45, 2.75) is 49.6 Å². The van der Waals surface area contributed by atoms with Crippen LogP contribution < -0.4 is 23.7 Å². The van der Waals surface area contributed by atoms with Gasteiger partial charge in [0, 0.05) is 23.2 Å². The summed E-state index contributed by atoms with van der Waals surface area (Å²) < 4.78 is 63.2. The number of nitrogens with zero attached hydrogens (tertiary/aromatic N) is 3. The molecule has 4 aliphatic rings. The van der Waals surface area contributed by atoms with Crippen LogP contribution in [0.2, 0.25) is 0 Å². The molecule has 0 radical (unpaired) electrons. The normalized spacial score (nSPS) is 25.0. The molecule has 2 fully saturated rings. The van der Waals surface area contributed by atoms with Gasteiger partial charge in [0.15, 0.2) is 29.3 Å². The third-order valence-corrected chi connectivity index (χ3v) is 10.7. The number of rotatable bonds is 14. The minimum absolute atomic E-state index is 0.0337. The van der Waals surface area contributed by atoms with E-state index in [-0.39, 0.29) is 43.7 Å². The number of alkyl halides is 2. The zero-order chi connectivity index (χ0) is 41.6. The molecule has 0 spiro atoms. The van der Waals surface area contributed by atoms with Crippen molar-refractivity contribution in [3.63, 3.8) is 0 Å². The van der Waals surface area contributed by atoms with Crippen LogP contribution in [-0.4, -0.2) is 94.6 Å². The summed E-state index contributed by atoms with van der Waals surface area (Å²) in [5, 5.41) is 3.85. The molecule has 0 bridgehead atoms. The lowest BCUT2D eigenvalue weighted by Gasteiger charge is -2.43. The Morgan fingerprint density at radius 2 is 1.61 bits per heavy atom. The zero-order valence-electron chi connectivity index (χ0n) is 31.5. The number of hydrogen-bond acceptors (Lipinski definition) is 16. The van der Waals surface area contributed by atoms with Crippen LogP contribution in [0.25, 0.3) is 10.4 Å². The van der Waals surface area contributed by atoms with E-state index in [9.17, 15) is 24.7 Å². The predicted molar refractivity (Wildman–Crippen MR) is 201 cm³/mol. The topological polar surface area (TPSA) is 219 Å². The van der Waals surface area contributed by atoms with Crippen LogP contribution in [0.5, 0.6) is 28.7 Å². The summed E-state index contributed by atoms with van der Waals surface area (Å²) in [4.78, 5) is 54.0. The molecule has 1 aliphatic carbocycles. The molecular weight excluding hydrogens is 821 g/mol. The fourth-order valence-corrected chi connectivity index (χ4v) is 7.86. The number of benzene rings is 3. The lowest BCUT2D eigenvalue weighted by molar-refractivity contribution is -0.263. The van der Waals surface area contributed by atoms with Gasteiger partial charge in [0.2, 0.25) is 12.5 Å². The van der Waals surface area contributed by atoms with E-state index < -0.39 is 90.8 Å². The molecule has 0 aromatic heterocycles. The quantitative estimate of drug-likeness (QED) is 0.0352. The van der Waals surface area contributed by atoms with E-state index in [1.165, 1.54) is 14.2 Å². The Morgan fingerprint density at radius 3 is 2.27 bits per heavy atom. The fourth-order valence-electron chi connectivity index (χ4n) is 7.72. The SMILES string of the molecule is COc1cc([C@@H]2c3cc4c(cc3[C@@H](O[C@@H]3C[C@@H](N=[N+]=[N-])[C@H](OC(=O)CCl)[C@@H](COC(=O)CCl)O3)[C@H]3COC(=O)[C@H]23)OCO4)cc(OC)c1OC(=O)OCc1ccccc1. The Morgan fingerprint density at radius 1 is 0.915 bits per heavy atom. The molecule has 0 amide bonds. The van der Waals surface area contributed by atoms with E-state index in [2.05, 4.69) is 10.0 Å². The maximum absolute atomic E-state index is 13.8. The van der Waals surface area contributed by atoms with Gasteiger partial charge in [-0.15, -0.1) is 23.2 Å². The average molecular weight is 859 g/mol. The molecule has 8 atom stereocenters. The van der Waals surface area contributed by atoms with Gasteiger partial charge in [-0.1, -0.05) is 35.4 Å². The van der Waals surface area contributed by atoms with Gasteiger partial charge in [-0.25, -0.2) is 4.79 Å². The standard InChI is InChI=1S/C39H37Cl2N3O15/c1-49-27-8-20(9-28(50-2)37(27)59-39(48)53-15-19-6-4-3-5-7-19)33-21-10-25-26(55-18-54-25)11-22(21)35(23-16-52-38(47)34(23)33)58-32-12-24(43-44-42)36(57-31(46)14-41)29(56-32)17-51-30(45)13-40/h3-11,23-24,29,32-36H,12-18H2,1-2H3/t23-,24+,29+,32+,33+,34-,35+,36-/m0/s1. The van der Waals surface area contributed by atoms with Gasteiger partial charge in [0.1, 0.15) is 37.2 Å². The number of ether oxygens (including phenoxy) is 11. The molecule has 0 N–H and O–H groups in total. The number of azide groups is 1. The van der Waals surface area contributed by atoms with Crippen LogP contribution in [0.15, 0.2) is 59.7 Å². The Balaban J connectivity index is 1.24. The molecule has 3 aromatic rings. The van der Waals surface area contributed by atoms with E-state index in [4.69, 9.17) is 75.3 Å². The van der Waals surface area contributed by atoms with Gasteiger partial charge in [0.25, 0.3) is 0 Å². The number of carbonyl (C=O) groups excluding carboxylic acids is 4. The van der Waals surface area contributed by atoms with Gasteiger partial charge in [-0.3, -0.25) is 14.4 Å². The highest BCUT2D eigenvalue weighted by molar-refractivity contribution is 6.26. The third-order valence-electron chi connectivity index (χ3n) is 10.2. The summed E-state index contributed by atoms with van der Waals surface area (Å²) in [6.45, 7) is -0.580. The van der Waals surface area contributed by atoms with E-state index in [1.54, 1.807) is 36.4 Å². The number of methoxy groups -OCH3 is 2. The molecule has 7 rings (SSSR count). The molecular formula is C39H37Cl2N3O15. The van der Waals surface area contributed by atoms with Gasteiger partial charge in [0.05, 0.1) is 38.9 Å². The van der Waals surface area contributed by atoms with Crippen LogP contribution >= 0.6 is 23.2 Å². The van der Waals surface area contributed by atoms with Crippen molar-refractivity contribution < 1.29 is 71.3 Å². The Kier molecular flexibility index (Phi) is 13.0. The summed E-state index contributed by atoms with van der Waals surface area (Å²) in [7, 11) is 2.78. The molecule has 312 valence electrons. The molecule has 0 saturated carbocycles. The number of fused-ring (bicyclic) bond motifs is 3. The van der Waals surface area contributed by atoms with E-state index in [0.29, 0.717) is 28.2 Å². The maximum Gasteiger partial charge on any atom is 0.514 e. The summed E-state index contributed by atoms with van der Waals surface area (Å²) in [5.41, 5.74) is 12.0. The molecule has 0 unspecified atom stereocenters. The van der Waals surface area contributed by atoms with Crippen molar-refractivity contribution in [3.8, 4) is 28.7 Å². The monoisotopic (exact) mass is 857 g/mol. The maximum atomic E-state index is 13.8. The summed E-state index contributed by atoms with van der Waals surface area (Å²) >= 11 is 11.3. The first-order valence-electron chi connectivity index (χ1n) is 18.2. The highest BCUT2D eigenvalue weighted by Crippen LogP contribution is 2.57. The summed E-state index contributed by atoms with van der Waals surface area (Å²) in [5.74, 6) is -4.27. The average Bonchev–Trinajstić information content (AvgIpc) is 3.88. The van der Waals surface area contributed by atoms with Gasteiger partial charge in [-0.2, -0.15) is 0 Å². The predicted octanol–water partition coefficient (Wildman–Crippen LogP) is 5.87. The molecule has 3 heterocycles. The Bertz CT molecular complexity index is 2090. The van der Waals surface area contributed by atoms with Crippen molar-refractivity contribution in [1.82, 2.24) is 0 Å². The van der Waals surface area contributed by atoms with Crippen LogP contribution in [0.3, 0.4) is 0 Å². The molecule has 20 heteroatoms. The first-order chi connectivity index (χ1) is 28.7. The fraction of sp³-hybridized carbons (Fsp3) is 0.436. The van der Waals surface area contributed by atoms with E-state index in [1.807, 2.05) is 18.2 Å².